The van der Waals surface area contributed by atoms with Gasteiger partial charge in [-0.15, -0.1) is 0 Å². The highest BCUT2D eigenvalue weighted by Crippen LogP contribution is 2.62. The van der Waals surface area contributed by atoms with Crippen LogP contribution in [0, 0.1) is 0 Å². The topological polar surface area (TPSA) is 206 Å². The molecule has 1 spiro atoms. The number of phenols is 1. The monoisotopic (exact) mass is 611 g/mol. The number of hydrogen-bond donors (Lipinski definition) is 7. The molecule has 8 atom stereocenters. The number of benzene rings is 3. The van der Waals surface area contributed by atoms with Crippen LogP contribution in [0.3, 0.4) is 0 Å². The Balaban J connectivity index is 1.40. The number of aliphatic hydroxyl groups is 4. The van der Waals surface area contributed by atoms with Gasteiger partial charge in [-0.3, -0.25) is 0 Å². The molecule has 4 aliphatic heterocycles. The molecule has 14 nitrogen and oxygen atoms in total. The normalized spacial score (nSPS) is 31.2. The second-order valence-electron chi connectivity index (χ2n) is 11.0. The van der Waals surface area contributed by atoms with Gasteiger partial charge in [0.05, 0.1) is 26.7 Å². The van der Waals surface area contributed by atoms with Crippen LogP contribution in [0.25, 0.3) is 11.1 Å². The second kappa shape index (κ2) is 10.0. The largest absolute Gasteiger partial charge is 0.508 e. The number of hydrogen-bond acceptors (Lipinski definition) is 13. The predicted octanol–water partition coefficient (Wildman–Crippen LogP) is 1.07. The summed E-state index contributed by atoms with van der Waals surface area (Å²) < 4.78 is 35.4. The highest BCUT2D eigenvalue weighted by molar-refractivity contribution is 5.84. The van der Waals surface area contributed by atoms with Crippen LogP contribution in [0.2, 0.25) is 0 Å². The Morgan fingerprint density at radius 2 is 1.80 bits per heavy atom. The van der Waals surface area contributed by atoms with Gasteiger partial charge in [0.1, 0.15) is 35.9 Å². The van der Waals surface area contributed by atoms with Gasteiger partial charge in [0.2, 0.25) is 12.0 Å². The van der Waals surface area contributed by atoms with Crippen molar-refractivity contribution in [2.75, 3.05) is 26.1 Å². The third kappa shape index (κ3) is 3.95. The molecule has 3 aromatic carbocycles. The third-order valence-corrected chi connectivity index (χ3v) is 8.53. The maximum atomic E-state index is 11.8. The van der Waals surface area contributed by atoms with Crippen molar-refractivity contribution in [2.24, 2.45) is 0 Å². The van der Waals surface area contributed by atoms with Crippen molar-refractivity contribution < 1.29 is 63.9 Å². The van der Waals surface area contributed by atoms with Gasteiger partial charge >= 0.3 is 5.97 Å². The smallest absolute Gasteiger partial charge is 0.335 e. The van der Waals surface area contributed by atoms with E-state index in [1.165, 1.54) is 26.4 Å². The summed E-state index contributed by atoms with van der Waals surface area (Å²) >= 11 is 0. The molecule has 0 bridgehead atoms. The Morgan fingerprint density at radius 1 is 1.00 bits per heavy atom. The summed E-state index contributed by atoms with van der Waals surface area (Å²) in [5.41, 5.74) is 2.32. The van der Waals surface area contributed by atoms with Crippen LogP contribution in [-0.4, -0.2) is 93.9 Å². The van der Waals surface area contributed by atoms with Crippen molar-refractivity contribution in [3.05, 3.63) is 53.6 Å². The van der Waals surface area contributed by atoms with Crippen molar-refractivity contribution in [2.45, 2.75) is 48.5 Å². The molecular formula is C30H29NO13. The average Bonchev–Trinajstić information content (AvgIpc) is 3.41. The van der Waals surface area contributed by atoms with E-state index < -0.39 is 54.5 Å². The SMILES string of the molecule is COc1ccc2c(c1OC)O[C@H]1c3c(-c4cccc(O)c4)cc4c(c3O[C@@H](O)[C@@H]21)NC[C@@]1(O4)O[C@H](C(=O)O)[C@@H](O)[C@H](O)[C@H]1O. The first kappa shape index (κ1) is 28.3. The summed E-state index contributed by atoms with van der Waals surface area (Å²) in [6.07, 6.45) is -9.81. The van der Waals surface area contributed by atoms with E-state index in [-0.39, 0.29) is 29.5 Å². The fraction of sp³-hybridized carbons (Fsp3) is 0.367. The van der Waals surface area contributed by atoms with Gasteiger partial charge in [0.15, 0.2) is 29.1 Å². The van der Waals surface area contributed by atoms with Crippen molar-refractivity contribution in [1.29, 1.82) is 0 Å². The molecule has 4 aliphatic rings. The number of fused-ring (bicyclic) bond motifs is 7. The minimum absolute atomic E-state index is 0.0144. The van der Waals surface area contributed by atoms with Crippen molar-refractivity contribution in [1.82, 2.24) is 0 Å². The summed E-state index contributed by atoms with van der Waals surface area (Å²) in [6.45, 7) is -0.369. The maximum absolute atomic E-state index is 11.8. The number of phenolic OH excluding ortho intramolecular Hbond substituents is 1. The lowest BCUT2D eigenvalue weighted by Crippen LogP contribution is -2.71. The van der Waals surface area contributed by atoms with Crippen molar-refractivity contribution >= 4 is 11.7 Å². The summed E-state index contributed by atoms with van der Waals surface area (Å²) in [7, 11) is 2.97. The number of carbonyl (C=O) groups is 1. The molecule has 7 rings (SSSR count). The van der Waals surface area contributed by atoms with Crippen LogP contribution in [0.4, 0.5) is 5.69 Å². The number of aliphatic carboxylic acids is 1. The predicted molar refractivity (Wildman–Crippen MR) is 148 cm³/mol. The van der Waals surface area contributed by atoms with Crippen LogP contribution in [0.15, 0.2) is 42.5 Å². The zero-order chi connectivity index (χ0) is 31.1. The second-order valence-corrected chi connectivity index (χ2v) is 11.0. The number of rotatable bonds is 4. The third-order valence-electron chi connectivity index (χ3n) is 8.53. The summed E-state index contributed by atoms with van der Waals surface area (Å²) in [6, 6.07) is 11.4. The molecule has 1 fully saturated rings. The highest BCUT2D eigenvalue weighted by atomic mass is 16.7. The molecule has 0 radical (unpaired) electrons. The fourth-order valence-electron chi connectivity index (χ4n) is 6.45. The zero-order valence-electron chi connectivity index (χ0n) is 23.3. The first-order chi connectivity index (χ1) is 21.1. The van der Waals surface area contributed by atoms with Gasteiger partial charge in [0, 0.05) is 11.1 Å². The maximum Gasteiger partial charge on any atom is 0.335 e. The molecule has 0 aromatic heterocycles. The Kier molecular flexibility index (Phi) is 6.46. The zero-order valence-corrected chi connectivity index (χ0v) is 23.3. The fourth-order valence-corrected chi connectivity index (χ4v) is 6.45. The van der Waals surface area contributed by atoms with E-state index in [9.17, 15) is 35.4 Å². The minimum atomic E-state index is -2.13. The van der Waals surface area contributed by atoms with E-state index in [1.54, 1.807) is 30.3 Å². The number of anilines is 1. The van der Waals surface area contributed by atoms with Gasteiger partial charge in [-0.05, 0) is 35.4 Å². The number of methoxy groups -OCH3 is 2. The molecule has 0 aliphatic carbocycles. The van der Waals surface area contributed by atoms with Gasteiger partial charge in [-0.25, -0.2) is 4.79 Å². The number of carboxylic acids is 1. The lowest BCUT2D eigenvalue weighted by atomic mass is 9.83. The number of aliphatic hydroxyl groups excluding tert-OH is 4. The molecule has 3 aromatic rings. The van der Waals surface area contributed by atoms with E-state index in [1.807, 2.05) is 0 Å². The van der Waals surface area contributed by atoms with E-state index in [0.717, 1.165) is 0 Å². The van der Waals surface area contributed by atoms with Gasteiger partial charge in [0.25, 0.3) is 5.79 Å². The number of ether oxygens (including phenoxy) is 6. The van der Waals surface area contributed by atoms with E-state index >= 15 is 0 Å². The summed E-state index contributed by atoms with van der Waals surface area (Å²) in [5, 5.41) is 66.0. The molecule has 1 saturated heterocycles. The Morgan fingerprint density at radius 3 is 2.50 bits per heavy atom. The molecule has 0 saturated carbocycles. The van der Waals surface area contributed by atoms with Crippen LogP contribution in [-0.2, 0) is 9.53 Å². The first-order valence-corrected chi connectivity index (χ1v) is 13.7. The molecule has 0 unspecified atom stereocenters. The highest BCUT2D eigenvalue weighted by Gasteiger charge is 2.60. The first-order valence-electron chi connectivity index (χ1n) is 13.7. The standard InChI is InChI=1S/C30H29NO13/c1-39-15-7-6-13-18-24(41-22(13)23(15)40-2)17-14(11-4-3-5-12(32)8-11)9-16-19(25(17)42-29(18)38)31-10-30(43-16)27(35)21(34)20(33)26(44-30)28(36)37/h3-9,18,20-21,24,26-27,29,31-35,38H,10H2,1-2H3,(H,36,37)/t18-,20-,21-,24-,26-,27+,29+,30+/m0/s1. The van der Waals surface area contributed by atoms with Gasteiger partial charge in [-0.2, -0.15) is 0 Å². The Hall–Kier alpha value is -4.47. The van der Waals surface area contributed by atoms with E-state index in [2.05, 4.69) is 5.32 Å². The van der Waals surface area contributed by atoms with Gasteiger partial charge < -0.3 is 64.4 Å². The Bertz CT molecular complexity index is 1660. The quantitative estimate of drug-likeness (QED) is 0.220. The summed E-state index contributed by atoms with van der Waals surface area (Å²) in [4.78, 5) is 11.8. The summed E-state index contributed by atoms with van der Waals surface area (Å²) in [5.74, 6) is -3.13. The number of carboxylic acid groups (broad SMARTS) is 1. The van der Waals surface area contributed by atoms with Gasteiger partial charge in [-0.1, -0.05) is 18.2 Å². The molecule has 232 valence electrons. The number of nitrogens with one attached hydrogen (secondary N) is 1. The molecule has 44 heavy (non-hydrogen) atoms. The lowest BCUT2D eigenvalue weighted by Gasteiger charge is -2.49. The molecule has 0 amide bonds. The molecular weight excluding hydrogens is 582 g/mol. The van der Waals surface area contributed by atoms with Crippen molar-refractivity contribution in [3.63, 3.8) is 0 Å². The minimum Gasteiger partial charge on any atom is -0.508 e. The van der Waals surface area contributed by atoms with Crippen LogP contribution in [0.5, 0.6) is 34.5 Å². The van der Waals surface area contributed by atoms with Crippen LogP contribution < -0.4 is 29.0 Å². The molecule has 4 heterocycles. The Labute approximate surface area is 249 Å². The van der Waals surface area contributed by atoms with Crippen molar-refractivity contribution in [3.8, 4) is 45.6 Å². The molecule has 7 N–H and O–H groups in total. The number of aromatic hydroxyl groups is 1. The molecule has 14 heteroatoms. The average molecular weight is 612 g/mol. The van der Waals surface area contributed by atoms with E-state index in [0.29, 0.717) is 39.5 Å². The van der Waals surface area contributed by atoms with Crippen LogP contribution >= 0.6 is 0 Å². The van der Waals surface area contributed by atoms with E-state index in [4.69, 9.17) is 28.4 Å². The lowest BCUT2D eigenvalue weighted by molar-refractivity contribution is -0.325. The van der Waals surface area contributed by atoms with Crippen LogP contribution in [0.1, 0.15) is 23.1 Å².